The number of hydrogen-bond acceptors (Lipinski definition) is 4. The van der Waals surface area contributed by atoms with Crippen LogP contribution in [0, 0.1) is 5.82 Å². The molecule has 1 aromatic carbocycles. The van der Waals surface area contributed by atoms with Crippen molar-refractivity contribution in [3.05, 3.63) is 58.0 Å². The molecule has 2 aromatic rings. The van der Waals surface area contributed by atoms with Gasteiger partial charge in [-0.2, -0.15) is 0 Å². The number of rotatable bonds is 6. The average Bonchev–Trinajstić information content (AvgIpc) is 3.12. The van der Waals surface area contributed by atoms with Crippen molar-refractivity contribution < 1.29 is 14.0 Å². The standard InChI is InChI=1S/C18H19FN2O2S2/c19-13-5-3-12(4-6-13)10-16-18(23)21-15(11-25-16)17(22)20-8-7-14-2-1-9-24-14/h1-6,9,15-16H,7-8,10-11H2,(H,20,22)(H,21,23)/t15-,16+/m1/s1. The smallest absolute Gasteiger partial charge is 0.243 e. The summed E-state index contributed by atoms with van der Waals surface area (Å²) in [6, 6.07) is 9.69. The van der Waals surface area contributed by atoms with Crippen LogP contribution in [0.25, 0.3) is 0 Å². The minimum absolute atomic E-state index is 0.140. The van der Waals surface area contributed by atoms with E-state index < -0.39 is 6.04 Å². The summed E-state index contributed by atoms with van der Waals surface area (Å²) in [5.74, 6) is -0.0250. The Labute approximate surface area is 154 Å². The maximum Gasteiger partial charge on any atom is 0.243 e. The minimum atomic E-state index is -0.495. The van der Waals surface area contributed by atoms with Gasteiger partial charge in [-0.25, -0.2) is 4.39 Å². The van der Waals surface area contributed by atoms with E-state index in [9.17, 15) is 14.0 Å². The van der Waals surface area contributed by atoms with Gasteiger partial charge in [0.25, 0.3) is 0 Å². The molecule has 1 fully saturated rings. The third-order valence-corrected chi connectivity index (χ3v) is 6.22. The van der Waals surface area contributed by atoms with E-state index in [0.717, 1.165) is 12.0 Å². The van der Waals surface area contributed by atoms with Gasteiger partial charge in [0.05, 0.1) is 5.25 Å². The lowest BCUT2D eigenvalue weighted by molar-refractivity contribution is -0.128. The molecule has 2 N–H and O–H groups in total. The molecule has 1 saturated heterocycles. The van der Waals surface area contributed by atoms with E-state index >= 15 is 0 Å². The van der Waals surface area contributed by atoms with Crippen LogP contribution < -0.4 is 10.6 Å². The van der Waals surface area contributed by atoms with Crippen LogP contribution in [0.5, 0.6) is 0 Å². The minimum Gasteiger partial charge on any atom is -0.354 e. The average molecular weight is 378 g/mol. The molecule has 3 rings (SSSR count). The molecule has 2 atom stereocenters. The van der Waals surface area contributed by atoms with Crippen LogP contribution in [0.15, 0.2) is 41.8 Å². The fraction of sp³-hybridized carbons (Fsp3) is 0.333. The maximum absolute atomic E-state index is 12.9. The third kappa shape index (κ3) is 5.06. The molecule has 1 aromatic heterocycles. The number of thiophene rings is 1. The van der Waals surface area contributed by atoms with Crippen molar-refractivity contribution >= 4 is 34.9 Å². The summed E-state index contributed by atoms with van der Waals surface area (Å²) in [5.41, 5.74) is 0.910. The van der Waals surface area contributed by atoms with E-state index in [1.54, 1.807) is 23.5 Å². The van der Waals surface area contributed by atoms with Crippen molar-refractivity contribution in [3.8, 4) is 0 Å². The zero-order valence-corrected chi connectivity index (χ0v) is 15.2. The van der Waals surface area contributed by atoms with Crippen LogP contribution in [-0.4, -0.2) is 35.4 Å². The first-order valence-corrected chi connectivity index (χ1v) is 10.0. The highest BCUT2D eigenvalue weighted by atomic mass is 32.2. The van der Waals surface area contributed by atoms with Gasteiger partial charge in [-0.05, 0) is 42.0 Å². The van der Waals surface area contributed by atoms with Crippen LogP contribution in [0.1, 0.15) is 10.4 Å². The van der Waals surface area contributed by atoms with Crippen LogP contribution in [0.2, 0.25) is 0 Å². The Morgan fingerprint density at radius 3 is 2.76 bits per heavy atom. The number of carbonyl (C=O) groups excluding carboxylic acids is 2. The maximum atomic E-state index is 12.9. The molecule has 0 unspecified atom stereocenters. The van der Waals surface area contributed by atoms with E-state index in [1.165, 1.54) is 28.8 Å². The SMILES string of the molecule is O=C1N[C@@H](C(=O)NCCc2cccs2)CS[C@H]1Cc1ccc(F)cc1. The second-order valence-electron chi connectivity index (χ2n) is 5.83. The van der Waals surface area contributed by atoms with Crippen molar-refractivity contribution in [2.24, 2.45) is 0 Å². The molecule has 0 spiro atoms. The van der Waals surface area contributed by atoms with Gasteiger partial charge in [0, 0.05) is 17.2 Å². The summed E-state index contributed by atoms with van der Waals surface area (Å²) in [6.07, 6.45) is 1.33. The zero-order chi connectivity index (χ0) is 17.6. The Bertz CT molecular complexity index is 719. The van der Waals surface area contributed by atoms with Crippen LogP contribution in [0.3, 0.4) is 0 Å². The van der Waals surface area contributed by atoms with E-state index in [0.29, 0.717) is 18.7 Å². The molecule has 1 aliphatic rings. The van der Waals surface area contributed by atoms with E-state index in [-0.39, 0.29) is 22.9 Å². The van der Waals surface area contributed by atoms with Crippen LogP contribution >= 0.6 is 23.1 Å². The number of amides is 2. The first-order valence-electron chi connectivity index (χ1n) is 8.08. The fourth-order valence-corrected chi connectivity index (χ4v) is 4.51. The summed E-state index contributed by atoms with van der Waals surface area (Å²) in [7, 11) is 0. The summed E-state index contributed by atoms with van der Waals surface area (Å²) in [4.78, 5) is 25.7. The van der Waals surface area contributed by atoms with Crippen LogP contribution in [0.4, 0.5) is 4.39 Å². The molecule has 0 bridgehead atoms. The van der Waals surface area contributed by atoms with Gasteiger partial charge >= 0.3 is 0 Å². The van der Waals surface area contributed by atoms with E-state index in [2.05, 4.69) is 10.6 Å². The van der Waals surface area contributed by atoms with E-state index in [4.69, 9.17) is 0 Å². The molecular weight excluding hydrogens is 359 g/mol. The topological polar surface area (TPSA) is 58.2 Å². The van der Waals surface area contributed by atoms with Gasteiger partial charge < -0.3 is 10.6 Å². The Kier molecular flexibility index (Phi) is 6.09. The third-order valence-electron chi connectivity index (χ3n) is 3.97. The Morgan fingerprint density at radius 2 is 2.08 bits per heavy atom. The van der Waals surface area contributed by atoms with Gasteiger partial charge in [-0.3, -0.25) is 9.59 Å². The van der Waals surface area contributed by atoms with Crippen LogP contribution in [-0.2, 0) is 22.4 Å². The molecular formula is C18H19FN2O2S2. The van der Waals surface area contributed by atoms with Crippen molar-refractivity contribution in [3.63, 3.8) is 0 Å². The highest BCUT2D eigenvalue weighted by Gasteiger charge is 2.32. The molecule has 2 heterocycles. The predicted octanol–water partition coefficient (Wildman–Crippen LogP) is 2.39. The summed E-state index contributed by atoms with van der Waals surface area (Å²) in [6.45, 7) is 0.565. The Balaban J connectivity index is 1.45. The van der Waals surface area contributed by atoms with Crippen molar-refractivity contribution in [2.45, 2.75) is 24.1 Å². The lowest BCUT2D eigenvalue weighted by atomic mass is 10.1. The fourth-order valence-electron chi connectivity index (χ4n) is 2.61. The van der Waals surface area contributed by atoms with Gasteiger partial charge in [0.1, 0.15) is 11.9 Å². The number of halogens is 1. The summed E-state index contributed by atoms with van der Waals surface area (Å²) < 4.78 is 12.9. The molecule has 132 valence electrons. The molecule has 4 nitrogen and oxygen atoms in total. The van der Waals surface area contributed by atoms with Gasteiger partial charge in [0.15, 0.2) is 0 Å². The normalized spacial score (nSPS) is 20.1. The number of benzene rings is 1. The Morgan fingerprint density at radius 1 is 1.28 bits per heavy atom. The molecule has 2 amide bonds. The van der Waals surface area contributed by atoms with Crippen molar-refractivity contribution in [2.75, 3.05) is 12.3 Å². The van der Waals surface area contributed by atoms with Gasteiger partial charge in [-0.15, -0.1) is 23.1 Å². The quantitative estimate of drug-likeness (QED) is 0.812. The zero-order valence-electron chi connectivity index (χ0n) is 13.5. The first-order chi connectivity index (χ1) is 12.1. The highest BCUT2D eigenvalue weighted by molar-refractivity contribution is 8.00. The molecule has 0 aliphatic carbocycles. The molecule has 25 heavy (non-hydrogen) atoms. The van der Waals surface area contributed by atoms with E-state index in [1.807, 2.05) is 17.5 Å². The van der Waals surface area contributed by atoms with Gasteiger partial charge in [-0.1, -0.05) is 18.2 Å². The lowest BCUT2D eigenvalue weighted by Crippen LogP contribution is -2.54. The molecule has 0 radical (unpaired) electrons. The number of carbonyl (C=O) groups is 2. The monoisotopic (exact) mass is 378 g/mol. The number of thioether (sulfide) groups is 1. The first kappa shape index (κ1) is 17.9. The van der Waals surface area contributed by atoms with Gasteiger partial charge in [0.2, 0.25) is 11.8 Å². The van der Waals surface area contributed by atoms with Crippen molar-refractivity contribution in [1.82, 2.24) is 10.6 Å². The Hall–Kier alpha value is -1.86. The molecule has 1 aliphatic heterocycles. The predicted molar refractivity (Wildman–Crippen MR) is 99.3 cm³/mol. The summed E-state index contributed by atoms with van der Waals surface area (Å²) >= 11 is 3.14. The number of nitrogens with one attached hydrogen (secondary N) is 2. The number of hydrogen-bond donors (Lipinski definition) is 2. The largest absolute Gasteiger partial charge is 0.354 e. The second-order valence-corrected chi connectivity index (χ2v) is 8.10. The highest BCUT2D eigenvalue weighted by Crippen LogP contribution is 2.22. The summed E-state index contributed by atoms with van der Waals surface area (Å²) in [5, 5.41) is 7.44. The molecule has 7 heteroatoms. The molecule has 0 saturated carbocycles. The lowest BCUT2D eigenvalue weighted by Gasteiger charge is -2.28. The van der Waals surface area contributed by atoms with Crippen molar-refractivity contribution in [1.29, 1.82) is 0 Å². The second kappa shape index (κ2) is 8.49.